The summed E-state index contributed by atoms with van der Waals surface area (Å²) in [6.45, 7) is -1.39. The van der Waals surface area contributed by atoms with Gasteiger partial charge in [-0.3, -0.25) is 14.2 Å². The van der Waals surface area contributed by atoms with Gasteiger partial charge in [-0.2, -0.15) is 13.2 Å². The van der Waals surface area contributed by atoms with Crippen LogP contribution in [0.4, 0.5) is 18.9 Å². The highest BCUT2D eigenvalue weighted by Gasteiger charge is 2.28. The number of hydrogen-bond donors (Lipinski definition) is 1. The molecule has 0 bridgehead atoms. The first-order valence-corrected chi connectivity index (χ1v) is 9.48. The summed E-state index contributed by atoms with van der Waals surface area (Å²) in [4.78, 5) is 29.4. The molecule has 1 aromatic heterocycles. The Morgan fingerprint density at radius 1 is 0.969 bits per heavy atom. The van der Waals surface area contributed by atoms with Crippen molar-refractivity contribution in [1.82, 2.24) is 9.55 Å². The molecule has 0 aliphatic heterocycles. The Kier molecular flexibility index (Phi) is 5.63. The van der Waals surface area contributed by atoms with Gasteiger partial charge in [0.15, 0.2) is 6.61 Å². The Bertz CT molecular complexity index is 1310. The van der Waals surface area contributed by atoms with Gasteiger partial charge in [0.1, 0.15) is 12.1 Å². The van der Waals surface area contributed by atoms with Crippen molar-refractivity contribution in [3.63, 3.8) is 0 Å². The van der Waals surface area contributed by atoms with E-state index in [0.29, 0.717) is 27.8 Å². The molecule has 1 amide bonds. The molecular formula is C23H16F3N3O3. The Labute approximate surface area is 179 Å². The number of alkyl halides is 3. The number of rotatable bonds is 5. The first-order chi connectivity index (χ1) is 15.3. The summed E-state index contributed by atoms with van der Waals surface area (Å²) in [6.07, 6.45) is -2.99. The zero-order chi connectivity index (χ0) is 22.7. The Hall–Kier alpha value is -4.14. The van der Waals surface area contributed by atoms with E-state index in [4.69, 9.17) is 0 Å². The number of fused-ring (bicyclic) bond motifs is 1. The topological polar surface area (TPSA) is 73.2 Å². The number of aromatic nitrogens is 2. The molecule has 0 atom stereocenters. The molecule has 0 aliphatic carbocycles. The molecule has 0 saturated heterocycles. The van der Waals surface area contributed by atoms with Crippen LogP contribution < -0.4 is 15.6 Å². The number of carbonyl (C=O) groups excluding carboxylic acids is 1. The van der Waals surface area contributed by atoms with Crippen molar-refractivity contribution in [3.05, 3.63) is 95.0 Å². The maximum absolute atomic E-state index is 12.7. The van der Waals surface area contributed by atoms with Crippen molar-refractivity contribution >= 4 is 22.5 Å². The highest BCUT2D eigenvalue weighted by Crippen LogP contribution is 2.21. The molecule has 0 spiro atoms. The molecule has 162 valence electrons. The summed E-state index contributed by atoms with van der Waals surface area (Å²) >= 11 is 0. The predicted octanol–water partition coefficient (Wildman–Crippen LogP) is 4.58. The van der Waals surface area contributed by atoms with E-state index in [1.165, 1.54) is 35.2 Å². The van der Waals surface area contributed by atoms with Crippen molar-refractivity contribution in [1.29, 1.82) is 0 Å². The number of nitrogens with zero attached hydrogens (tertiary/aromatic N) is 2. The largest absolute Gasteiger partial charge is 0.484 e. The lowest BCUT2D eigenvalue weighted by Crippen LogP contribution is -2.19. The summed E-state index contributed by atoms with van der Waals surface area (Å²) in [6, 6.07) is 18.9. The molecule has 1 heterocycles. The lowest BCUT2D eigenvalue weighted by molar-refractivity contribution is -0.153. The highest BCUT2D eigenvalue weighted by atomic mass is 19.4. The monoisotopic (exact) mass is 439 g/mol. The molecular weight excluding hydrogens is 423 g/mol. The van der Waals surface area contributed by atoms with E-state index in [-0.39, 0.29) is 11.3 Å². The zero-order valence-corrected chi connectivity index (χ0v) is 16.5. The fourth-order valence-corrected chi connectivity index (χ4v) is 3.03. The van der Waals surface area contributed by atoms with E-state index in [9.17, 15) is 22.8 Å². The van der Waals surface area contributed by atoms with Crippen LogP contribution in [-0.2, 0) is 0 Å². The third-order valence-electron chi connectivity index (χ3n) is 4.59. The summed E-state index contributed by atoms with van der Waals surface area (Å²) < 4.78 is 42.6. The first kappa shape index (κ1) is 21.1. The van der Waals surface area contributed by atoms with Gasteiger partial charge in [-0.1, -0.05) is 12.1 Å². The third-order valence-corrected chi connectivity index (χ3v) is 4.59. The van der Waals surface area contributed by atoms with Crippen LogP contribution in [0, 0.1) is 0 Å². The number of halogens is 3. The molecule has 1 N–H and O–H groups in total. The first-order valence-electron chi connectivity index (χ1n) is 9.48. The van der Waals surface area contributed by atoms with E-state index >= 15 is 0 Å². The van der Waals surface area contributed by atoms with Gasteiger partial charge in [0.05, 0.1) is 16.6 Å². The second kappa shape index (κ2) is 8.54. The number of nitrogens with one attached hydrogen (secondary N) is 1. The highest BCUT2D eigenvalue weighted by molar-refractivity contribution is 6.04. The third kappa shape index (κ3) is 4.77. The molecule has 0 unspecified atom stereocenters. The van der Waals surface area contributed by atoms with Gasteiger partial charge in [0.25, 0.3) is 11.5 Å². The second-order valence-corrected chi connectivity index (χ2v) is 6.87. The number of para-hydroxylation sites is 1. The van der Waals surface area contributed by atoms with E-state index < -0.39 is 18.7 Å². The number of anilines is 1. The number of amides is 1. The van der Waals surface area contributed by atoms with E-state index in [1.54, 1.807) is 48.5 Å². The minimum atomic E-state index is -4.42. The van der Waals surface area contributed by atoms with Gasteiger partial charge in [0.2, 0.25) is 0 Å². The Morgan fingerprint density at radius 3 is 2.34 bits per heavy atom. The lowest BCUT2D eigenvalue weighted by atomic mass is 10.1. The van der Waals surface area contributed by atoms with Gasteiger partial charge in [0, 0.05) is 11.3 Å². The molecule has 9 heteroatoms. The summed E-state index contributed by atoms with van der Waals surface area (Å²) in [5.74, 6) is -0.372. The Balaban J connectivity index is 1.46. The van der Waals surface area contributed by atoms with Gasteiger partial charge in [-0.15, -0.1) is 0 Å². The molecule has 32 heavy (non-hydrogen) atoms. The van der Waals surface area contributed by atoms with E-state index in [0.717, 1.165) is 0 Å². The average molecular weight is 439 g/mol. The maximum Gasteiger partial charge on any atom is 0.422 e. The van der Waals surface area contributed by atoms with Crippen LogP contribution in [0.2, 0.25) is 0 Å². The van der Waals surface area contributed by atoms with Crippen LogP contribution >= 0.6 is 0 Å². The van der Waals surface area contributed by atoms with Crippen LogP contribution in [0.1, 0.15) is 10.4 Å². The number of carbonyl (C=O) groups is 1. The van der Waals surface area contributed by atoms with E-state index in [1.807, 2.05) is 0 Å². The molecule has 4 rings (SSSR count). The van der Waals surface area contributed by atoms with Gasteiger partial charge < -0.3 is 10.1 Å². The van der Waals surface area contributed by atoms with Crippen molar-refractivity contribution in [2.45, 2.75) is 6.18 Å². The zero-order valence-electron chi connectivity index (χ0n) is 16.5. The minimum Gasteiger partial charge on any atom is -0.484 e. The number of benzene rings is 3. The van der Waals surface area contributed by atoms with Gasteiger partial charge in [-0.05, 0) is 60.7 Å². The quantitative estimate of drug-likeness (QED) is 0.494. The minimum absolute atomic E-state index is 0.0408. The smallest absolute Gasteiger partial charge is 0.422 e. The van der Waals surface area contributed by atoms with Crippen LogP contribution in [0.3, 0.4) is 0 Å². The maximum atomic E-state index is 12.7. The summed E-state index contributed by atoms with van der Waals surface area (Å²) in [5, 5.41) is 3.14. The lowest BCUT2D eigenvalue weighted by Gasteiger charge is -2.10. The van der Waals surface area contributed by atoms with Crippen molar-refractivity contribution in [2.24, 2.45) is 0 Å². The molecule has 6 nitrogen and oxygen atoms in total. The Morgan fingerprint density at radius 2 is 1.66 bits per heavy atom. The summed E-state index contributed by atoms with van der Waals surface area (Å²) in [5.41, 5.74) is 1.66. The van der Waals surface area contributed by atoms with Gasteiger partial charge in [-0.25, -0.2) is 4.98 Å². The van der Waals surface area contributed by atoms with Gasteiger partial charge >= 0.3 is 6.18 Å². The van der Waals surface area contributed by atoms with Crippen LogP contribution in [0.25, 0.3) is 16.6 Å². The van der Waals surface area contributed by atoms with Crippen molar-refractivity contribution in [2.75, 3.05) is 11.9 Å². The molecule has 0 aliphatic rings. The fourth-order valence-electron chi connectivity index (χ4n) is 3.03. The number of hydrogen-bond acceptors (Lipinski definition) is 4. The van der Waals surface area contributed by atoms with Crippen LogP contribution in [-0.4, -0.2) is 28.2 Å². The van der Waals surface area contributed by atoms with Crippen molar-refractivity contribution < 1.29 is 22.7 Å². The molecule has 0 fully saturated rings. The second-order valence-electron chi connectivity index (χ2n) is 6.87. The predicted molar refractivity (Wildman–Crippen MR) is 113 cm³/mol. The number of ether oxygens (including phenoxy) is 1. The van der Waals surface area contributed by atoms with Crippen molar-refractivity contribution in [3.8, 4) is 11.4 Å². The normalized spacial score (nSPS) is 11.3. The standard InChI is InChI=1S/C23H16F3N3O3/c24-23(25,26)13-32-18-11-7-16(8-12-18)28-21(30)15-5-9-17(10-6-15)29-14-27-20-4-2-1-3-19(20)22(29)31/h1-12,14H,13H2,(H,28,30). The average Bonchev–Trinajstić information content (AvgIpc) is 2.79. The molecule has 4 aromatic rings. The molecule has 0 radical (unpaired) electrons. The van der Waals surface area contributed by atoms with Crippen LogP contribution in [0.15, 0.2) is 83.9 Å². The molecule has 3 aromatic carbocycles. The van der Waals surface area contributed by atoms with E-state index in [2.05, 4.69) is 15.0 Å². The fraction of sp³-hybridized carbons (Fsp3) is 0.0870. The molecule has 0 saturated carbocycles. The SMILES string of the molecule is O=C(Nc1ccc(OCC(F)(F)F)cc1)c1ccc(-n2cnc3ccccc3c2=O)cc1. The van der Waals surface area contributed by atoms with Crippen LogP contribution in [0.5, 0.6) is 5.75 Å². The summed E-state index contributed by atoms with van der Waals surface area (Å²) in [7, 11) is 0.